The molecule has 0 saturated carbocycles. The molecular formula is C12H13BrN2O2S2. The lowest BCUT2D eigenvalue weighted by Gasteiger charge is -2.10. The van der Waals surface area contributed by atoms with Gasteiger partial charge in [0.2, 0.25) is 10.0 Å². The van der Waals surface area contributed by atoms with E-state index in [1.165, 1.54) is 6.07 Å². The predicted molar refractivity (Wildman–Crippen MR) is 81.9 cm³/mol. The first-order chi connectivity index (χ1) is 8.86. The molecule has 0 saturated heterocycles. The Morgan fingerprint density at radius 1 is 1.37 bits per heavy atom. The van der Waals surface area contributed by atoms with Crippen molar-refractivity contribution >= 4 is 43.0 Å². The maximum Gasteiger partial charge on any atom is 0.238 e. The van der Waals surface area contributed by atoms with E-state index < -0.39 is 10.0 Å². The molecule has 0 fully saturated rings. The molecule has 0 spiro atoms. The van der Waals surface area contributed by atoms with E-state index in [4.69, 9.17) is 5.14 Å². The van der Waals surface area contributed by atoms with E-state index in [-0.39, 0.29) is 4.90 Å². The number of sulfonamides is 1. The van der Waals surface area contributed by atoms with Crippen molar-refractivity contribution in [2.24, 2.45) is 5.14 Å². The molecule has 0 radical (unpaired) electrons. The van der Waals surface area contributed by atoms with Crippen LogP contribution in [0.15, 0.2) is 39.0 Å². The molecule has 7 heteroatoms. The Bertz CT molecular complexity index is 696. The molecule has 2 rings (SSSR count). The van der Waals surface area contributed by atoms with Crippen molar-refractivity contribution < 1.29 is 8.42 Å². The van der Waals surface area contributed by atoms with Crippen LogP contribution in [0.1, 0.15) is 10.4 Å². The molecule has 0 aliphatic heterocycles. The van der Waals surface area contributed by atoms with Gasteiger partial charge in [0.1, 0.15) is 0 Å². The highest BCUT2D eigenvalue weighted by molar-refractivity contribution is 9.10. The van der Waals surface area contributed by atoms with Crippen LogP contribution in [0, 0.1) is 6.92 Å². The Hall–Kier alpha value is -0.890. The van der Waals surface area contributed by atoms with Crippen LogP contribution in [0.4, 0.5) is 5.69 Å². The second-order valence-electron chi connectivity index (χ2n) is 4.11. The van der Waals surface area contributed by atoms with Crippen LogP contribution in [0.2, 0.25) is 0 Å². The van der Waals surface area contributed by atoms with Gasteiger partial charge in [-0.25, -0.2) is 13.6 Å². The minimum Gasteiger partial charge on any atom is -0.380 e. The highest BCUT2D eigenvalue weighted by Gasteiger charge is 2.10. The summed E-state index contributed by atoms with van der Waals surface area (Å²) in [5.41, 5.74) is 1.75. The summed E-state index contributed by atoms with van der Waals surface area (Å²) in [7, 11) is -3.67. The van der Waals surface area contributed by atoms with Gasteiger partial charge in [-0.2, -0.15) is 0 Å². The summed E-state index contributed by atoms with van der Waals surface area (Å²) < 4.78 is 23.7. The molecule has 4 nitrogen and oxygen atoms in total. The van der Waals surface area contributed by atoms with Crippen molar-refractivity contribution in [1.82, 2.24) is 0 Å². The van der Waals surface area contributed by atoms with Crippen molar-refractivity contribution in [2.45, 2.75) is 18.4 Å². The number of benzene rings is 1. The van der Waals surface area contributed by atoms with Crippen LogP contribution in [-0.4, -0.2) is 8.42 Å². The van der Waals surface area contributed by atoms with Crippen LogP contribution in [0.3, 0.4) is 0 Å². The van der Waals surface area contributed by atoms with Gasteiger partial charge in [0.25, 0.3) is 0 Å². The first kappa shape index (κ1) is 14.5. The zero-order valence-corrected chi connectivity index (χ0v) is 13.4. The molecule has 0 atom stereocenters. The normalized spacial score (nSPS) is 11.5. The van der Waals surface area contributed by atoms with E-state index in [9.17, 15) is 8.42 Å². The van der Waals surface area contributed by atoms with E-state index >= 15 is 0 Å². The second kappa shape index (κ2) is 5.62. The van der Waals surface area contributed by atoms with Crippen LogP contribution in [0.25, 0.3) is 0 Å². The van der Waals surface area contributed by atoms with Crippen molar-refractivity contribution in [3.63, 3.8) is 0 Å². The number of rotatable bonds is 4. The smallest absolute Gasteiger partial charge is 0.238 e. The van der Waals surface area contributed by atoms with Crippen LogP contribution in [0.5, 0.6) is 0 Å². The quantitative estimate of drug-likeness (QED) is 0.879. The van der Waals surface area contributed by atoms with E-state index in [0.29, 0.717) is 6.54 Å². The molecule has 3 N–H and O–H groups in total. The largest absolute Gasteiger partial charge is 0.380 e. The number of hydrogen-bond donors (Lipinski definition) is 2. The number of nitrogens with one attached hydrogen (secondary N) is 1. The van der Waals surface area contributed by atoms with E-state index in [2.05, 4.69) is 21.2 Å². The summed E-state index contributed by atoms with van der Waals surface area (Å²) in [5.74, 6) is 0. The molecule has 0 aliphatic rings. The monoisotopic (exact) mass is 360 g/mol. The Morgan fingerprint density at radius 2 is 2.11 bits per heavy atom. The van der Waals surface area contributed by atoms with Crippen LogP contribution < -0.4 is 10.5 Å². The summed E-state index contributed by atoms with van der Waals surface area (Å²) in [6.45, 7) is 2.56. The molecule has 1 heterocycles. The Morgan fingerprint density at radius 3 is 2.68 bits per heavy atom. The molecule has 102 valence electrons. The van der Waals surface area contributed by atoms with Gasteiger partial charge >= 0.3 is 0 Å². The molecule has 0 bridgehead atoms. The third-order valence-electron chi connectivity index (χ3n) is 2.61. The Labute approximate surface area is 124 Å². The average Bonchev–Trinajstić information content (AvgIpc) is 2.72. The third kappa shape index (κ3) is 3.79. The number of aryl methyl sites for hydroxylation is 1. The van der Waals surface area contributed by atoms with E-state index in [0.717, 1.165) is 20.6 Å². The van der Waals surface area contributed by atoms with E-state index in [1.54, 1.807) is 23.5 Å². The maximum atomic E-state index is 11.3. The summed E-state index contributed by atoms with van der Waals surface area (Å²) in [6.07, 6.45) is 0. The molecule has 0 amide bonds. The van der Waals surface area contributed by atoms with Gasteiger partial charge in [-0.1, -0.05) is 6.07 Å². The predicted octanol–water partition coefficient (Wildman–Crippen LogP) is 3.08. The highest BCUT2D eigenvalue weighted by atomic mass is 79.9. The lowest BCUT2D eigenvalue weighted by Crippen LogP contribution is -2.12. The van der Waals surface area contributed by atoms with Crippen molar-refractivity contribution in [3.8, 4) is 0 Å². The SMILES string of the molecule is Cc1ccc(S(N)(=O)=O)cc1NCc1cc(Br)cs1. The molecule has 2 aromatic rings. The molecular weight excluding hydrogens is 348 g/mol. The minimum atomic E-state index is -3.67. The summed E-state index contributed by atoms with van der Waals surface area (Å²) in [5, 5.41) is 10.4. The summed E-state index contributed by atoms with van der Waals surface area (Å²) >= 11 is 5.03. The highest BCUT2D eigenvalue weighted by Crippen LogP contribution is 2.23. The van der Waals surface area contributed by atoms with E-state index in [1.807, 2.05) is 18.4 Å². The topological polar surface area (TPSA) is 72.2 Å². The van der Waals surface area contributed by atoms with Crippen LogP contribution in [-0.2, 0) is 16.6 Å². The molecule has 19 heavy (non-hydrogen) atoms. The van der Waals surface area contributed by atoms with Crippen molar-refractivity contribution in [1.29, 1.82) is 0 Å². The van der Waals surface area contributed by atoms with Gasteiger partial charge < -0.3 is 5.32 Å². The van der Waals surface area contributed by atoms with Gasteiger partial charge in [-0.15, -0.1) is 11.3 Å². The third-order valence-corrected chi connectivity index (χ3v) is 5.22. The number of hydrogen-bond acceptors (Lipinski definition) is 4. The fraction of sp³-hybridized carbons (Fsp3) is 0.167. The molecule has 0 aliphatic carbocycles. The summed E-state index contributed by atoms with van der Waals surface area (Å²) in [4.78, 5) is 1.28. The molecule has 1 aromatic carbocycles. The van der Waals surface area contributed by atoms with Crippen molar-refractivity contribution in [2.75, 3.05) is 5.32 Å². The Balaban J connectivity index is 2.20. The number of nitrogens with two attached hydrogens (primary N) is 1. The zero-order valence-electron chi connectivity index (χ0n) is 10.2. The second-order valence-corrected chi connectivity index (χ2v) is 7.58. The zero-order chi connectivity index (χ0) is 14.0. The first-order valence-electron chi connectivity index (χ1n) is 5.46. The number of thiophene rings is 1. The fourth-order valence-corrected chi connectivity index (χ4v) is 3.53. The lowest BCUT2D eigenvalue weighted by atomic mass is 10.2. The van der Waals surface area contributed by atoms with Gasteiger partial charge in [-0.3, -0.25) is 0 Å². The summed E-state index contributed by atoms with van der Waals surface area (Å²) in [6, 6.07) is 6.84. The van der Waals surface area contributed by atoms with Crippen LogP contribution >= 0.6 is 27.3 Å². The van der Waals surface area contributed by atoms with Gasteiger partial charge in [0.05, 0.1) is 4.90 Å². The number of anilines is 1. The standard InChI is InChI=1S/C12H13BrN2O2S2/c1-8-2-3-11(19(14,16)17)5-12(8)15-6-10-4-9(13)7-18-10/h2-5,7,15H,6H2,1H3,(H2,14,16,17). The number of halogens is 1. The average molecular weight is 361 g/mol. The van der Waals surface area contributed by atoms with Gasteiger partial charge in [0, 0.05) is 27.0 Å². The van der Waals surface area contributed by atoms with Crippen molar-refractivity contribution in [3.05, 3.63) is 44.6 Å². The lowest BCUT2D eigenvalue weighted by molar-refractivity contribution is 0.598. The minimum absolute atomic E-state index is 0.118. The molecule has 1 aromatic heterocycles. The van der Waals surface area contributed by atoms with Gasteiger partial charge in [0.15, 0.2) is 0 Å². The molecule has 0 unspecified atom stereocenters. The fourth-order valence-electron chi connectivity index (χ4n) is 1.60. The Kier molecular flexibility index (Phi) is 4.29. The van der Waals surface area contributed by atoms with Gasteiger partial charge in [-0.05, 0) is 46.6 Å². The maximum absolute atomic E-state index is 11.3. The first-order valence-corrected chi connectivity index (χ1v) is 8.68. The number of primary sulfonamides is 1.